The first-order chi connectivity index (χ1) is 10.5. The third kappa shape index (κ3) is 3.70. The Morgan fingerprint density at radius 3 is 2.91 bits per heavy atom. The first-order valence-electron chi connectivity index (χ1n) is 7.36. The minimum atomic E-state index is -0.233. The number of aromatic nitrogens is 4. The largest absolute Gasteiger partial charge is 0.383 e. The number of pyridine rings is 1. The van der Waals surface area contributed by atoms with Gasteiger partial charge in [0.2, 0.25) is 5.65 Å². The van der Waals surface area contributed by atoms with Crippen molar-refractivity contribution in [3.05, 3.63) is 11.8 Å². The van der Waals surface area contributed by atoms with Gasteiger partial charge in [0.25, 0.3) is 5.91 Å². The van der Waals surface area contributed by atoms with E-state index in [9.17, 15) is 4.79 Å². The molecule has 0 unspecified atom stereocenters. The molecule has 0 aliphatic carbocycles. The summed E-state index contributed by atoms with van der Waals surface area (Å²) in [6.07, 6.45) is 0. The lowest BCUT2D eigenvalue weighted by molar-refractivity contribution is -0.120. The number of rotatable bonds is 7. The molecule has 1 amide bonds. The lowest BCUT2D eigenvalue weighted by atomic mass is 10.2. The summed E-state index contributed by atoms with van der Waals surface area (Å²) >= 11 is 0. The van der Waals surface area contributed by atoms with E-state index in [4.69, 9.17) is 4.74 Å². The number of hydrogen-bond donors (Lipinski definition) is 2. The molecule has 8 heteroatoms. The fourth-order valence-electron chi connectivity index (χ4n) is 1.99. The first kappa shape index (κ1) is 16.2. The van der Waals surface area contributed by atoms with Gasteiger partial charge in [-0.3, -0.25) is 4.79 Å². The average Bonchev–Trinajstić information content (AvgIpc) is 2.96. The van der Waals surface area contributed by atoms with E-state index in [1.54, 1.807) is 4.52 Å². The molecule has 2 heterocycles. The molecule has 0 aliphatic rings. The highest BCUT2D eigenvalue weighted by Crippen LogP contribution is 2.27. The van der Waals surface area contributed by atoms with E-state index >= 15 is 0 Å². The number of fused-ring (bicyclic) bond motifs is 1. The van der Waals surface area contributed by atoms with Gasteiger partial charge in [0, 0.05) is 18.8 Å². The van der Waals surface area contributed by atoms with Gasteiger partial charge in [-0.15, -0.1) is 5.10 Å². The van der Waals surface area contributed by atoms with Gasteiger partial charge in [-0.1, -0.05) is 13.8 Å². The van der Waals surface area contributed by atoms with Crippen molar-refractivity contribution in [3.8, 4) is 0 Å². The Labute approximate surface area is 129 Å². The van der Waals surface area contributed by atoms with Crippen molar-refractivity contribution in [2.75, 3.05) is 30.4 Å². The second-order valence-electron chi connectivity index (χ2n) is 5.45. The van der Waals surface area contributed by atoms with Crippen molar-refractivity contribution >= 4 is 22.9 Å². The Morgan fingerprint density at radius 1 is 1.45 bits per heavy atom. The molecule has 0 aromatic carbocycles. The quantitative estimate of drug-likeness (QED) is 0.804. The van der Waals surface area contributed by atoms with Crippen molar-refractivity contribution < 1.29 is 9.53 Å². The number of ether oxygens (including phenoxy) is 1. The smallest absolute Gasteiger partial charge is 0.250 e. The number of nitrogens with one attached hydrogen (secondary N) is 2. The second kappa shape index (κ2) is 7.17. The second-order valence-corrected chi connectivity index (χ2v) is 5.45. The maximum Gasteiger partial charge on any atom is 0.250 e. The Balaban J connectivity index is 2.34. The van der Waals surface area contributed by atoms with Crippen LogP contribution in [0.1, 0.15) is 26.5 Å². The fourth-order valence-corrected chi connectivity index (χ4v) is 1.99. The number of tetrazole rings is 1. The van der Waals surface area contributed by atoms with Gasteiger partial charge in [-0.2, -0.15) is 4.52 Å². The van der Waals surface area contributed by atoms with Gasteiger partial charge < -0.3 is 15.4 Å². The number of anilines is 2. The van der Waals surface area contributed by atoms with Crippen LogP contribution in [0.25, 0.3) is 5.65 Å². The Bertz CT molecular complexity index is 652. The van der Waals surface area contributed by atoms with E-state index in [1.165, 1.54) is 0 Å². The van der Waals surface area contributed by atoms with Gasteiger partial charge in [0.05, 0.1) is 5.69 Å². The van der Waals surface area contributed by atoms with E-state index in [0.717, 1.165) is 17.9 Å². The highest BCUT2D eigenvalue weighted by Gasteiger charge is 2.16. The van der Waals surface area contributed by atoms with Crippen molar-refractivity contribution in [2.45, 2.75) is 27.7 Å². The number of aryl methyl sites for hydroxylation is 1. The number of nitrogens with zero attached hydrogens (tertiary/aromatic N) is 4. The Hall–Kier alpha value is -2.22. The third-order valence-electron chi connectivity index (χ3n) is 3.05. The standard InChI is InChI=1S/C14H22N6O2/c1-5-22-8-12(21)16-13-11(15-7-9(2)3)6-10(4)20-14(13)17-18-19-20/h6,9,15H,5,7-8H2,1-4H3,(H,16,21). The first-order valence-corrected chi connectivity index (χ1v) is 7.36. The molecule has 0 bridgehead atoms. The minimum absolute atomic E-state index is 0.00171. The van der Waals surface area contributed by atoms with Crippen LogP contribution >= 0.6 is 0 Å². The molecule has 0 atom stereocenters. The van der Waals surface area contributed by atoms with Gasteiger partial charge >= 0.3 is 0 Å². The summed E-state index contributed by atoms with van der Waals surface area (Å²) < 4.78 is 6.73. The summed E-state index contributed by atoms with van der Waals surface area (Å²) in [7, 11) is 0. The highest BCUT2D eigenvalue weighted by molar-refractivity contribution is 5.99. The SMILES string of the molecule is CCOCC(=O)Nc1c(NCC(C)C)cc(C)n2nnnc12. The zero-order chi connectivity index (χ0) is 16.1. The van der Waals surface area contributed by atoms with E-state index in [2.05, 4.69) is 40.0 Å². The molecule has 2 aromatic rings. The van der Waals surface area contributed by atoms with Crippen LogP contribution in [0.3, 0.4) is 0 Å². The van der Waals surface area contributed by atoms with Crippen molar-refractivity contribution in [1.29, 1.82) is 0 Å². The van der Waals surface area contributed by atoms with Crippen LogP contribution in [0.2, 0.25) is 0 Å². The van der Waals surface area contributed by atoms with Gasteiger partial charge in [0.1, 0.15) is 12.3 Å². The van der Waals surface area contributed by atoms with Crippen LogP contribution in [0.4, 0.5) is 11.4 Å². The molecule has 2 aromatic heterocycles. The lowest BCUT2D eigenvalue weighted by Crippen LogP contribution is -2.21. The van der Waals surface area contributed by atoms with Crippen LogP contribution in [0, 0.1) is 12.8 Å². The molecule has 0 saturated heterocycles. The normalized spacial score (nSPS) is 11.1. The molecule has 0 radical (unpaired) electrons. The number of carbonyl (C=O) groups excluding carboxylic acids is 1. The molecule has 0 saturated carbocycles. The Morgan fingerprint density at radius 2 is 2.23 bits per heavy atom. The van der Waals surface area contributed by atoms with Gasteiger partial charge in [0.15, 0.2) is 0 Å². The van der Waals surface area contributed by atoms with Crippen LogP contribution < -0.4 is 10.6 Å². The zero-order valence-electron chi connectivity index (χ0n) is 13.4. The molecule has 0 aliphatic heterocycles. The average molecular weight is 306 g/mol. The number of amides is 1. The Kier molecular flexibility index (Phi) is 5.26. The van der Waals surface area contributed by atoms with Crippen molar-refractivity contribution in [2.24, 2.45) is 5.92 Å². The van der Waals surface area contributed by atoms with E-state index in [-0.39, 0.29) is 12.5 Å². The number of hydrogen-bond acceptors (Lipinski definition) is 6. The topological polar surface area (TPSA) is 93.4 Å². The summed E-state index contributed by atoms with van der Waals surface area (Å²) in [5, 5.41) is 17.8. The van der Waals surface area contributed by atoms with Crippen molar-refractivity contribution in [1.82, 2.24) is 20.0 Å². The minimum Gasteiger partial charge on any atom is -0.383 e. The summed E-state index contributed by atoms with van der Waals surface area (Å²) in [4.78, 5) is 12.0. The molecule has 8 nitrogen and oxygen atoms in total. The highest BCUT2D eigenvalue weighted by atomic mass is 16.5. The van der Waals surface area contributed by atoms with E-state index < -0.39 is 0 Å². The summed E-state index contributed by atoms with van der Waals surface area (Å²) in [6, 6.07) is 1.92. The van der Waals surface area contributed by atoms with Crippen LogP contribution in [0.5, 0.6) is 0 Å². The molecular weight excluding hydrogens is 284 g/mol. The predicted molar refractivity (Wildman–Crippen MR) is 84.0 cm³/mol. The van der Waals surface area contributed by atoms with Gasteiger partial charge in [-0.05, 0) is 36.3 Å². The lowest BCUT2D eigenvalue weighted by Gasteiger charge is -2.16. The number of carbonyl (C=O) groups is 1. The molecule has 0 fully saturated rings. The fraction of sp³-hybridized carbons (Fsp3) is 0.571. The molecule has 2 rings (SSSR count). The van der Waals surface area contributed by atoms with E-state index in [0.29, 0.717) is 23.9 Å². The van der Waals surface area contributed by atoms with Crippen LogP contribution in [0.15, 0.2) is 6.07 Å². The van der Waals surface area contributed by atoms with Gasteiger partial charge in [-0.25, -0.2) is 0 Å². The maximum absolute atomic E-state index is 12.0. The molecular formula is C14H22N6O2. The monoisotopic (exact) mass is 306 g/mol. The van der Waals surface area contributed by atoms with Crippen molar-refractivity contribution in [3.63, 3.8) is 0 Å². The molecule has 22 heavy (non-hydrogen) atoms. The maximum atomic E-state index is 12.0. The third-order valence-corrected chi connectivity index (χ3v) is 3.05. The zero-order valence-corrected chi connectivity index (χ0v) is 13.4. The predicted octanol–water partition coefficient (Wildman–Crippen LogP) is 1.48. The summed E-state index contributed by atoms with van der Waals surface area (Å²) in [5.74, 6) is 0.239. The van der Waals surface area contributed by atoms with E-state index in [1.807, 2.05) is 19.9 Å². The van der Waals surface area contributed by atoms with Crippen LogP contribution in [-0.2, 0) is 9.53 Å². The molecule has 0 spiro atoms. The van der Waals surface area contributed by atoms with Crippen LogP contribution in [-0.4, -0.2) is 45.7 Å². The summed E-state index contributed by atoms with van der Waals surface area (Å²) in [5.41, 5.74) is 2.77. The molecule has 120 valence electrons. The summed E-state index contributed by atoms with van der Waals surface area (Å²) in [6.45, 7) is 9.26. The molecule has 2 N–H and O–H groups in total.